The van der Waals surface area contributed by atoms with Crippen LogP contribution in [0.5, 0.6) is 23.0 Å². The van der Waals surface area contributed by atoms with Gasteiger partial charge in [0.25, 0.3) is 0 Å². The van der Waals surface area contributed by atoms with Gasteiger partial charge in [0.1, 0.15) is 5.82 Å². The molecule has 3 aromatic rings. The molecule has 2 heterocycles. The number of halogens is 1. The lowest BCUT2D eigenvalue weighted by Gasteiger charge is -2.10. The van der Waals surface area contributed by atoms with Crippen LogP contribution in [0.1, 0.15) is 0 Å². The topological polar surface area (TPSA) is 78.1 Å². The van der Waals surface area contributed by atoms with Gasteiger partial charge in [-0.3, -0.25) is 0 Å². The van der Waals surface area contributed by atoms with Gasteiger partial charge in [0, 0.05) is 11.5 Å². The van der Waals surface area contributed by atoms with Crippen molar-refractivity contribution in [3.05, 3.63) is 34.4 Å². The standard InChI is InChI=1S/C15H9FO6/c1-19-13-9(17)4-8(16)12-6-2-10-11(21-5-20-10)3-7(6)15(18)22-14(12)13/h2-4,17H,5H2,1H3. The first-order valence-corrected chi connectivity index (χ1v) is 6.35. The summed E-state index contributed by atoms with van der Waals surface area (Å²) in [6, 6.07) is 3.86. The van der Waals surface area contributed by atoms with E-state index < -0.39 is 17.2 Å². The molecule has 0 unspecified atom stereocenters. The molecule has 0 amide bonds. The molecule has 1 aliphatic heterocycles. The molecule has 22 heavy (non-hydrogen) atoms. The molecule has 1 aromatic heterocycles. The zero-order valence-corrected chi connectivity index (χ0v) is 11.3. The van der Waals surface area contributed by atoms with Gasteiger partial charge in [0.15, 0.2) is 22.8 Å². The van der Waals surface area contributed by atoms with E-state index in [-0.39, 0.29) is 28.9 Å². The maximum Gasteiger partial charge on any atom is 0.344 e. The van der Waals surface area contributed by atoms with Gasteiger partial charge in [-0.15, -0.1) is 0 Å². The minimum Gasteiger partial charge on any atom is -0.504 e. The first-order valence-electron chi connectivity index (χ1n) is 6.35. The largest absolute Gasteiger partial charge is 0.504 e. The van der Waals surface area contributed by atoms with E-state index in [1.807, 2.05) is 0 Å². The summed E-state index contributed by atoms with van der Waals surface area (Å²) >= 11 is 0. The minimum absolute atomic E-state index is 0.0293. The Morgan fingerprint density at radius 1 is 1.18 bits per heavy atom. The highest BCUT2D eigenvalue weighted by molar-refractivity contribution is 6.08. The second-order valence-corrected chi connectivity index (χ2v) is 4.76. The number of rotatable bonds is 1. The molecule has 2 aromatic carbocycles. The Bertz CT molecular complexity index is 991. The van der Waals surface area contributed by atoms with Crippen LogP contribution in [0.4, 0.5) is 4.39 Å². The molecule has 0 saturated heterocycles. The first kappa shape index (κ1) is 12.8. The van der Waals surface area contributed by atoms with Crippen LogP contribution in [0.3, 0.4) is 0 Å². The average molecular weight is 304 g/mol. The van der Waals surface area contributed by atoms with Crippen LogP contribution >= 0.6 is 0 Å². The molecule has 112 valence electrons. The maximum absolute atomic E-state index is 14.3. The van der Waals surface area contributed by atoms with Gasteiger partial charge in [0.05, 0.1) is 17.9 Å². The molecule has 0 atom stereocenters. The number of methoxy groups -OCH3 is 1. The number of phenolic OH excluding ortho intramolecular Hbond substituents is 1. The van der Waals surface area contributed by atoms with Gasteiger partial charge in [-0.25, -0.2) is 9.18 Å². The third kappa shape index (κ3) is 1.56. The number of phenols is 1. The Kier molecular flexibility index (Phi) is 2.47. The number of benzene rings is 2. The van der Waals surface area contributed by atoms with Crippen molar-refractivity contribution >= 4 is 21.7 Å². The molecule has 0 bridgehead atoms. The Morgan fingerprint density at radius 3 is 2.55 bits per heavy atom. The van der Waals surface area contributed by atoms with Crippen LogP contribution in [-0.2, 0) is 0 Å². The van der Waals surface area contributed by atoms with Crippen LogP contribution in [-0.4, -0.2) is 19.0 Å². The fourth-order valence-corrected chi connectivity index (χ4v) is 2.61. The van der Waals surface area contributed by atoms with Crippen molar-refractivity contribution in [2.45, 2.75) is 0 Å². The molecule has 1 aliphatic rings. The fourth-order valence-electron chi connectivity index (χ4n) is 2.61. The lowest BCUT2D eigenvalue weighted by atomic mass is 10.1. The average Bonchev–Trinajstić information content (AvgIpc) is 2.93. The normalized spacial score (nSPS) is 13.0. The van der Waals surface area contributed by atoms with Gasteiger partial charge >= 0.3 is 5.63 Å². The predicted molar refractivity (Wildman–Crippen MR) is 74.3 cm³/mol. The van der Waals surface area contributed by atoms with Gasteiger partial charge in [0.2, 0.25) is 12.5 Å². The van der Waals surface area contributed by atoms with Crippen LogP contribution in [0.25, 0.3) is 21.7 Å². The highest BCUT2D eigenvalue weighted by atomic mass is 19.1. The van der Waals surface area contributed by atoms with Gasteiger partial charge in [-0.05, 0) is 12.1 Å². The summed E-state index contributed by atoms with van der Waals surface area (Å²) in [4.78, 5) is 12.2. The first-order chi connectivity index (χ1) is 10.6. The monoisotopic (exact) mass is 304 g/mol. The molecule has 0 aliphatic carbocycles. The second-order valence-electron chi connectivity index (χ2n) is 4.76. The van der Waals surface area contributed by atoms with Crippen molar-refractivity contribution in [3.8, 4) is 23.0 Å². The fraction of sp³-hybridized carbons (Fsp3) is 0.133. The van der Waals surface area contributed by atoms with Gasteiger partial charge in [-0.1, -0.05) is 0 Å². The molecule has 4 rings (SSSR count). The Balaban J connectivity index is 2.26. The lowest BCUT2D eigenvalue weighted by molar-refractivity contribution is 0.174. The summed E-state index contributed by atoms with van der Waals surface area (Å²) in [5, 5.41) is 10.2. The van der Waals surface area contributed by atoms with Gasteiger partial charge < -0.3 is 23.7 Å². The highest BCUT2D eigenvalue weighted by Crippen LogP contribution is 2.42. The van der Waals surface area contributed by atoms with E-state index in [1.165, 1.54) is 19.2 Å². The number of hydrogen-bond donors (Lipinski definition) is 1. The molecule has 0 spiro atoms. The SMILES string of the molecule is COc1c(O)cc(F)c2c1oc(=O)c1cc3c(cc12)OCO3. The number of ether oxygens (including phenoxy) is 3. The third-order valence-corrected chi connectivity index (χ3v) is 3.57. The summed E-state index contributed by atoms with van der Waals surface area (Å²) in [5.41, 5.74) is -0.847. The van der Waals surface area contributed by atoms with E-state index in [9.17, 15) is 14.3 Å². The van der Waals surface area contributed by atoms with Gasteiger partial charge in [-0.2, -0.15) is 0 Å². The second kappa shape index (κ2) is 4.27. The van der Waals surface area contributed by atoms with Crippen molar-refractivity contribution in [1.82, 2.24) is 0 Å². The van der Waals surface area contributed by atoms with E-state index in [4.69, 9.17) is 18.6 Å². The van der Waals surface area contributed by atoms with Crippen molar-refractivity contribution in [2.75, 3.05) is 13.9 Å². The lowest BCUT2D eigenvalue weighted by Crippen LogP contribution is -2.02. The van der Waals surface area contributed by atoms with E-state index in [1.54, 1.807) is 0 Å². The summed E-state index contributed by atoms with van der Waals surface area (Å²) in [6.07, 6.45) is 0. The zero-order valence-electron chi connectivity index (χ0n) is 11.3. The maximum atomic E-state index is 14.3. The molecule has 0 saturated carbocycles. The zero-order chi connectivity index (χ0) is 15.4. The van der Waals surface area contributed by atoms with Crippen LogP contribution in [0.2, 0.25) is 0 Å². The Hall–Kier alpha value is -2.96. The summed E-state index contributed by atoms with van der Waals surface area (Å²) in [6.45, 7) is 0.0293. The number of hydrogen-bond acceptors (Lipinski definition) is 6. The summed E-state index contributed by atoms with van der Waals surface area (Å²) in [7, 11) is 1.29. The summed E-state index contributed by atoms with van der Waals surface area (Å²) < 4.78 is 34.9. The van der Waals surface area contributed by atoms with E-state index >= 15 is 0 Å². The van der Waals surface area contributed by atoms with Crippen molar-refractivity contribution in [1.29, 1.82) is 0 Å². The van der Waals surface area contributed by atoms with Crippen LogP contribution in [0, 0.1) is 5.82 Å². The molecule has 6 nitrogen and oxygen atoms in total. The van der Waals surface area contributed by atoms with E-state index in [2.05, 4.69) is 0 Å². The van der Waals surface area contributed by atoms with E-state index in [0.717, 1.165) is 6.07 Å². The molecule has 0 fully saturated rings. The smallest absolute Gasteiger partial charge is 0.344 e. The van der Waals surface area contributed by atoms with Crippen molar-refractivity contribution in [2.24, 2.45) is 0 Å². The molecule has 1 N–H and O–H groups in total. The van der Waals surface area contributed by atoms with Crippen molar-refractivity contribution < 1.29 is 28.1 Å². The molecular weight excluding hydrogens is 295 g/mol. The number of aromatic hydroxyl groups is 1. The quantitative estimate of drug-likeness (QED) is 0.550. The van der Waals surface area contributed by atoms with E-state index in [0.29, 0.717) is 16.9 Å². The summed E-state index contributed by atoms with van der Waals surface area (Å²) in [5.74, 6) is -0.485. The molecular formula is C15H9FO6. The van der Waals surface area contributed by atoms with Crippen LogP contribution < -0.4 is 19.8 Å². The Morgan fingerprint density at radius 2 is 1.86 bits per heavy atom. The Labute approximate surface area is 122 Å². The highest BCUT2D eigenvalue weighted by Gasteiger charge is 2.22. The molecule has 7 heteroatoms. The number of fused-ring (bicyclic) bond motifs is 4. The van der Waals surface area contributed by atoms with Crippen molar-refractivity contribution in [3.63, 3.8) is 0 Å². The third-order valence-electron chi connectivity index (χ3n) is 3.57. The minimum atomic E-state index is -0.735. The predicted octanol–water partition coefficient (Wildman–Crippen LogP) is 2.53. The molecule has 0 radical (unpaired) electrons. The van der Waals surface area contributed by atoms with Crippen LogP contribution in [0.15, 0.2) is 27.4 Å².